The summed E-state index contributed by atoms with van der Waals surface area (Å²) >= 11 is 0. The van der Waals surface area contributed by atoms with Crippen LogP contribution >= 0.6 is 0 Å². The fraction of sp³-hybridized carbons (Fsp3) is 0.333. The van der Waals surface area contributed by atoms with E-state index in [4.69, 9.17) is 5.73 Å². The van der Waals surface area contributed by atoms with Gasteiger partial charge in [-0.05, 0) is 24.3 Å². The van der Waals surface area contributed by atoms with Gasteiger partial charge in [-0.3, -0.25) is 9.59 Å². The number of benzene rings is 1. The Morgan fingerprint density at radius 1 is 1.24 bits per heavy atom. The molecule has 0 bridgehead atoms. The van der Waals surface area contributed by atoms with Gasteiger partial charge in [-0.2, -0.15) is 0 Å². The number of carbonyl (C=O) groups excluding carboxylic acids is 2. The minimum atomic E-state index is -0.482. The van der Waals surface area contributed by atoms with Crippen LogP contribution in [0.5, 0.6) is 0 Å². The molecular weight excluding hydrogens is 218 g/mol. The molecule has 0 heterocycles. The summed E-state index contributed by atoms with van der Waals surface area (Å²) in [5.74, 6) is -0.602. The van der Waals surface area contributed by atoms with Crippen LogP contribution in [0.4, 0.5) is 5.69 Å². The second-order valence-corrected chi connectivity index (χ2v) is 4.03. The molecular formula is C12H17N3O2. The molecule has 0 spiro atoms. The van der Waals surface area contributed by atoms with Crippen LogP contribution < -0.4 is 16.4 Å². The maximum Gasteiger partial charge on any atom is 0.248 e. The lowest BCUT2D eigenvalue weighted by Crippen LogP contribution is -2.32. The molecule has 0 saturated heterocycles. The first kappa shape index (κ1) is 13.2. The lowest BCUT2D eigenvalue weighted by atomic mass is 10.2. The van der Waals surface area contributed by atoms with E-state index < -0.39 is 5.91 Å². The van der Waals surface area contributed by atoms with Gasteiger partial charge in [0.2, 0.25) is 11.8 Å². The van der Waals surface area contributed by atoms with Crippen molar-refractivity contribution < 1.29 is 9.59 Å². The third kappa shape index (κ3) is 4.65. The van der Waals surface area contributed by atoms with E-state index in [1.54, 1.807) is 24.3 Å². The predicted molar refractivity (Wildman–Crippen MR) is 66.7 cm³/mol. The largest absolute Gasteiger partial charge is 0.366 e. The van der Waals surface area contributed by atoms with Crippen LogP contribution in [0.2, 0.25) is 0 Å². The standard InChI is InChI=1S/C12H17N3O2/c1-8(2)14-7-11(16)15-10-5-3-9(4-6-10)12(13)17/h3-6,8,14H,7H2,1-2H3,(H2,13,17)(H,15,16). The fourth-order valence-corrected chi connectivity index (χ4v) is 1.22. The topological polar surface area (TPSA) is 84.2 Å². The first-order valence-corrected chi connectivity index (χ1v) is 5.42. The number of anilines is 1. The lowest BCUT2D eigenvalue weighted by Gasteiger charge is -2.09. The molecule has 0 radical (unpaired) electrons. The zero-order valence-electron chi connectivity index (χ0n) is 9.99. The Hall–Kier alpha value is -1.88. The van der Waals surface area contributed by atoms with Gasteiger partial charge in [0.25, 0.3) is 0 Å². The van der Waals surface area contributed by atoms with Crippen LogP contribution in [0.25, 0.3) is 0 Å². The van der Waals surface area contributed by atoms with Gasteiger partial charge >= 0.3 is 0 Å². The Kier molecular flexibility index (Phi) is 4.66. The summed E-state index contributed by atoms with van der Waals surface area (Å²) in [5, 5.41) is 5.72. The Morgan fingerprint density at radius 3 is 2.29 bits per heavy atom. The highest BCUT2D eigenvalue weighted by Crippen LogP contribution is 2.08. The van der Waals surface area contributed by atoms with Crippen LogP contribution in [-0.2, 0) is 4.79 Å². The van der Waals surface area contributed by atoms with Gasteiger partial charge in [-0.1, -0.05) is 13.8 Å². The minimum absolute atomic E-state index is 0.120. The maximum atomic E-state index is 11.5. The zero-order chi connectivity index (χ0) is 12.8. The van der Waals surface area contributed by atoms with Crippen LogP contribution in [0.1, 0.15) is 24.2 Å². The summed E-state index contributed by atoms with van der Waals surface area (Å²) in [5.41, 5.74) is 6.17. The van der Waals surface area contributed by atoms with Crippen molar-refractivity contribution in [2.75, 3.05) is 11.9 Å². The average Bonchev–Trinajstić information content (AvgIpc) is 2.27. The molecule has 2 amide bonds. The van der Waals surface area contributed by atoms with Crippen LogP contribution in [0.15, 0.2) is 24.3 Å². The monoisotopic (exact) mass is 235 g/mol. The van der Waals surface area contributed by atoms with E-state index in [0.29, 0.717) is 11.3 Å². The van der Waals surface area contributed by atoms with Crippen LogP contribution in [0.3, 0.4) is 0 Å². The van der Waals surface area contributed by atoms with Crippen molar-refractivity contribution >= 4 is 17.5 Å². The second-order valence-electron chi connectivity index (χ2n) is 4.03. The molecule has 92 valence electrons. The highest BCUT2D eigenvalue weighted by Gasteiger charge is 2.04. The molecule has 0 aromatic heterocycles. The number of rotatable bonds is 5. The first-order chi connectivity index (χ1) is 7.99. The smallest absolute Gasteiger partial charge is 0.248 e. The Bertz CT molecular complexity index is 399. The Balaban J connectivity index is 2.51. The minimum Gasteiger partial charge on any atom is -0.366 e. The van der Waals surface area contributed by atoms with Crippen LogP contribution in [0, 0.1) is 0 Å². The van der Waals surface area contributed by atoms with E-state index in [0.717, 1.165) is 0 Å². The van der Waals surface area contributed by atoms with Crippen LogP contribution in [-0.4, -0.2) is 24.4 Å². The number of nitrogens with one attached hydrogen (secondary N) is 2. The quantitative estimate of drug-likeness (QED) is 0.703. The number of primary amides is 1. The maximum absolute atomic E-state index is 11.5. The van der Waals surface area contributed by atoms with E-state index in [1.165, 1.54) is 0 Å². The normalized spacial score (nSPS) is 10.3. The van der Waals surface area contributed by atoms with E-state index in [1.807, 2.05) is 13.8 Å². The van der Waals surface area contributed by atoms with Gasteiger partial charge in [0.15, 0.2) is 0 Å². The van der Waals surface area contributed by atoms with Crippen molar-refractivity contribution in [1.29, 1.82) is 0 Å². The summed E-state index contributed by atoms with van der Waals surface area (Å²) < 4.78 is 0. The van der Waals surface area contributed by atoms with E-state index in [2.05, 4.69) is 10.6 Å². The molecule has 4 N–H and O–H groups in total. The summed E-state index contributed by atoms with van der Waals surface area (Å²) in [6.45, 7) is 4.19. The molecule has 1 aromatic carbocycles. The third-order valence-electron chi connectivity index (χ3n) is 2.12. The second kappa shape index (κ2) is 6.00. The number of hydrogen-bond donors (Lipinski definition) is 3. The molecule has 0 fully saturated rings. The van der Waals surface area contributed by atoms with Crippen molar-refractivity contribution in [2.45, 2.75) is 19.9 Å². The lowest BCUT2D eigenvalue weighted by molar-refractivity contribution is -0.115. The molecule has 1 aromatic rings. The van der Waals surface area contributed by atoms with E-state index >= 15 is 0 Å². The zero-order valence-corrected chi connectivity index (χ0v) is 9.99. The van der Waals surface area contributed by atoms with Gasteiger partial charge in [0.05, 0.1) is 6.54 Å². The van der Waals surface area contributed by atoms with Crippen molar-refractivity contribution in [3.63, 3.8) is 0 Å². The van der Waals surface area contributed by atoms with Crippen molar-refractivity contribution in [1.82, 2.24) is 5.32 Å². The summed E-state index contributed by atoms with van der Waals surface area (Å²) in [6, 6.07) is 6.71. The Morgan fingerprint density at radius 2 is 1.82 bits per heavy atom. The van der Waals surface area contributed by atoms with Gasteiger partial charge in [-0.15, -0.1) is 0 Å². The highest BCUT2D eigenvalue weighted by atomic mass is 16.2. The molecule has 1 rings (SSSR count). The van der Waals surface area contributed by atoms with Crippen molar-refractivity contribution in [3.05, 3.63) is 29.8 Å². The molecule has 0 saturated carbocycles. The molecule has 0 aliphatic heterocycles. The van der Waals surface area contributed by atoms with Gasteiger partial charge < -0.3 is 16.4 Å². The van der Waals surface area contributed by atoms with E-state index in [-0.39, 0.29) is 18.5 Å². The first-order valence-electron chi connectivity index (χ1n) is 5.42. The number of amides is 2. The van der Waals surface area contributed by atoms with Gasteiger partial charge in [-0.25, -0.2) is 0 Å². The molecule has 0 aliphatic carbocycles. The molecule has 0 atom stereocenters. The molecule has 5 heteroatoms. The molecule has 0 unspecified atom stereocenters. The average molecular weight is 235 g/mol. The van der Waals surface area contributed by atoms with Gasteiger partial charge in [0, 0.05) is 17.3 Å². The SMILES string of the molecule is CC(C)NCC(=O)Nc1ccc(C(N)=O)cc1. The molecule has 0 aliphatic rings. The Labute approximate surface area is 100 Å². The highest BCUT2D eigenvalue weighted by molar-refractivity contribution is 5.95. The van der Waals surface area contributed by atoms with Gasteiger partial charge in [0.1, 0.15) is 0 Å². The molecule has 5 nitrogen and oxygen atoms in total. The van der Waals surface area contributed by atoms with Crippen molar-refractivity contribution in [3.8, 4) is 0 Å². The predicted octanol–water partition coefficient (Wildman–Crippen LogP) is 0.722. The van der Waals surface area contributed by atoms with E-state index in [9.17, 15) is 9.59 Å². The third-order valence-corrected chi connectivity index (χ3v) is 2.12. The van der Waals surface area contributed by atoms with Crippen molar-refractivity contribution in [2.24, 2.45) is 5.73 Å². The number of hydrogen-bond acceptors (Lipinski definition) is 3. The number of nitrogens with two attached hydrogens (primary N) is 1. The fourth-order valence-electron chi connectivity index (χ4n) is 1.22. The summed E-state index contributed by atoms with van der Waals surface area (Å²) in [4.78, 5) is 22.3. The number of carbonyl (C=O) groups is 2. The summed E-state index contributed by atoms with van der Waals surface area (Å²) in [7, 11) is 0. The molecule has 17 heavy (non-hydrogen) atoms. The summed E-state index contributed by atoms with van der Waals surface area (Å²) in [6.07, 6.45) is 0.